The normalized spacial score (nSPS) is 22.2. The van der Waals surface area contributed by atoms with Crippen LogP contribution in [0.5, 0.6) is 0 Å². The molecule has 8 heteroatoms. The smallest absolute Gasteiger partial charge is 0.231 e. The van der Waals surface area contributed by atoms with Gasteiger partial charge in [0.05, 0.1) is 25.3 Å². The molecule has 0 aromatic carbocycles. The van der Waals surface area contributed by atoms with Gasteiger partial charge in [-0.15, -0.1) is 0 Å². The second kappa shape index (κ2) is 7.04. The Bertz CT molecular complexity index is 608. The lowest BCUT2D eigenvalue weighted by Gasteiger charge is -2.35. The maximum atomic E-state index is 12.6. The molecule has 3 heterocycles. The van der Waals surface area contributed by atoms with Crippen molar-refractivity contribution in [2.75, 3.05) is 39.3 Å². The molecule has 1 aromatic rings. The lowest BCUT2D eigenvalue weighted by molar-refractivity contribution is -0.137. The molecule has 2 saturated heterocycles. The van der Waals surface area contributed by atoms with Gasteiger partial charge in [-0.05, 0) is 12.1 Å². The van der Waals surface area contributed by atoms with Gasteiger partial charge in [0.2, 0.25) is 17.7 Å². The topological polar surface area (TPSA) is 100 Å². The van der Waals surface area contributed by atoms with Crippen LogP contribution in [0.3, 0.4) is 0 Å². The van der Waals surface area contributed by atoms with Gasteiger partial charge in [-0.1, -0.05) is 0 Å². The minimum Gasteiger partial charge on any atom is -0.467 e. The van der Waals surface area contributed by atoms with E-state index in [1.807, 2.05) is 11.0 Å². The number of primary amides is 1. The monoisotopic (exact) mass is 334 g/mol. The van der Waals surface area contributed by atoms with E-state index in [0.29, 0.717) is 39.3 Å². The molecule has 0 radical (unpaired) electrons. The van der Waals surface area contributed by atoms with Crippen LogP contribution in [0, 0.1) is 5.92 Å². The number of hydrogen-bond acceptors (Lipinski definition) is 5. The van der Waals surface area contributed by atoms with Gasteiger partial charge in [-0.2, -0.15) is 0 Å². The lowest BCUT2D eigenvalue weighted by Crippen LogP contribution is -2.52. The van der Waals surface area contributed by atoms with E-state index in [0.717, 1.165) is 5.76 Å². The van der Waals surface area contributed by atoms with Gasteiger partial charge in [0, 0.05) is 39.1 Å². The fourth-order valence-corrected chi connectivity index (χ4v) is 3.29. The Hall–Kier alpha value is -2.35. The number of amides is 3. The molecule has 0 saturated carbocycles. The van der Waals surface area contributed by atoms with Crippen molar-refractivity contribution in [1.29, 1.82) is 0 Å². The number of carbonyl (C=O) groups is 3. The predicted octanol–water partition coefficient (Wildman–Crippen LogP) is -0.742. The fourth-order valence-electron chi connectivity index (χ4n) is 3.29. The van der Waals surface area contributed by atoms with E-state index < -0.39 is 0 Å². The number of rotatable bonds is 5. The molecule has 1 atom stereocenters. The maximum absolute atomic E-state index is 12.6. The molecular weight excluding hydrogens is 312 g/mol. The van der Waals surface area contributed by atoms with Crippen LogP contribution in [0.4, 0.5) is 0 Å². The summed E-state index contributed by atoms with van der Waals surface area (Å²) in [6, 6.07) is 3.60. The van der Waals surface area contributed by atoms with Gasteiger partial charge in [0.25, 0.3) is 0 Å². The Morgan fingerprint density at radius 1 is 1.25 bits per heavy atom. The molecule has 8 nitrogen and oxygen atoms in total. The summed E-state index contributed by atoms with van der Waals surface area (Å²) in [5.74, 6) is 0.0672. The molecule has 0 bridgehead atoms. The number of carbonyl (C=O) groups excluding carboxylic acids is 3. The van der Waals surface area contributed by atoms with Crippen LogP contribution in [-0.2, 0) is 20.9 Å². The standard InChI is InChI=1S/C16H22N4O4/c17-14(21)11-18-3-5-19(6-4-18)16(23)12-8-15(22)20(9-12)10-13-2-1-7-24-13/h1-2,7,12H,3-6,8-11H2,(H2,17,21). The third-order valence-electron chi connectivity index (χ3n) is 4.55. The molecule has 24 heavy (non-hydrogen) atoms. The van der Waals surface area contributed by atoms with Crippen LogP contribution in [0.2, 0.25) is 0 Å². The molecule has 2 N–H and O–H groups in total. The predicted molar refractivity (Wildman–Crippen MR) is 84.4 cm³/mol. The van der Waals surface area contributed by atoms with E-state index >= 15 is 0 Å². The zero-order valence-electron chi connectivity index (χ0n) is 13.5. The molecule has 3 rings (SSSR count). The van der Waals surface area contributed by atoms with Crippen molar-refractivity contribution >= 4 is 17.7 Å². The van der Waals surface area contributed by atoms with Crippen molar-refractivity contribution in [2.24, 2.45) is 11.7 Å². The van der Waals surface area contributed by atoms with Gasteiger partial charge < -0.3 is 20.0 Å². The van der Waals surface area contributed by atoms with Crippen molar-refractivity contribution in [3.05, 3.63) is 24.2 Å². The number of hydrogen-bond donors (Lipinski definition) is 1. The van der Waals surface area contributed by atoms with Crippen LogP contribution in [0.1, 0.15) is 12.2 Å². The number of piperazine rings is 1. The van der Waals surface area contributed by atoms with Crippen molar-refractivity contribution in [2.45, 2.75) is 13.0 Å². The first kappa shape index (κ1) is 16.5. The molecular formula is C16H22N4O4. The number of nitrogens with two attached hydrogens (primary N) is 1. The second-order valence-corrected chi connectivity index (χ2v) is 6.32. The third-order valence-corrected chi connectivity index (χ3v) is 4.55. The Labute approximate surface area is 140 Å². The molecule has 2 aliphatic heterocycles. The highest BCUT2D eigenvalue weighted by atomic mass is 16.3. The summed E-state index contributed by atoms with van der Waals surface area (Å²) in [6.45, 7) is 3.45. The van der Waals surface area contributed by atoms with Crippen molar-refractivity contribution in [3.63, 3.8) is 0 Å². The molecule has 1 unspecified atom stereocenters. The molecule has 2 aliphatic rings. The summed E-state index contributed by atoms with van der Waals surface area (Å²) in [7, 11) is 0. The van der Waals surface area contributed by atoms with Crippen LogP contribution >= 0.6 is 0 Å². The fraction of sp³-hybridized carbons (Fsp3) is 0.562. The van der Waals surface area contributed by atoms with Crippen LogP contribution in [-0.4, -0.2) is 71.7 Å². The SMILES string of the molecule is NC(=O)CN1CCN(C(=O)C2CC(=O)N(Cc3ccco3)C2)CC1. The van der Waals surface area contributed by atoms with E-state index in [9.17, 15) is 14.4 Å². The Balaban J connectivity index is 1.51. The zero-order chi connectivity index (χ0) is 17.1. The third kappa shape index (κ3) is 3.76. The van der Waals surface area contributed by atoms with Crippen molar-refractivity contribution in [1.82, 2.24) is 14.7 Å². The van der Waals surface area contributed by atoms with Gasteiger partial charge in [0.15, 0.2) is 0 Å². The summed E-state index contributed by atoms with van der Waals surface area (Å²) >= 11 is 0. The highest BCUT2D eigenvalue weighted by Crippen LogP contribution is 2.23. The van der Waals surface area contributed by atoms with Crippen molar-refractivity contribution in [3.8, 4) is 0 Å². The molecule has 130 valence electrons. The van der Waals surface area contributed by atoms with Crippen LogP contribution < -0.4 is 5.73 Å². The highest BCUT2D eigenvalue weighted by molar-refractivity contribution is 5.89. The quantitative estimate of drug-likeness (QED) is 0.764. The maximum Gasteiger partial charge on any atom is 0.231 e. The van der Waals surface area contributed by atoms with Crippen molar-refractivity contribution < 1.29 is 18.8 Å². The van der Waals surface area contributed by atoms with E-state index in [2.05, 4.69) is 0 Å². The summed E-state index contributed by atoms with van der Waals surface area (Å²) in [5, 5.41) is 0. The molecule has 0 aliphatic carbocycles. The van der Waals surface area contributed by atoms with Crippen LogP contribution in [0.25, 0.3) is 0 Å². The number of likely N-dealkylation sites (tertiary alicyclic amines) is 1. The first-order valence-electron chi connectivity index (χ1n) is 8.12. The van der Waals surface area contributed by atoms with E-state index in [1.54, 1.807) is 22.1 Å². The summed E-state index contributed by atoms with van der Waals surface area (Å²) < 4.78 is 5.27. The van der Waals surface area contributed by atoms with Gasteiger partial charge in [0.1, 0.15) is 5.76 Å². The average Bonchev–Trinajstić information content (AvgIpc) is 3.18. The molecule has 2 fully saturated rings. The Morgan fingerprint density at radius 2 is 2.00 bits per heavy atom. The first-order chi connectivity index (χ1) is 11.5. The second-order valence-electron chi connectivity index (χ2n) is 6.32. The average molecular weight is 334 g/mol. The van der Waals surface area contributed by atoms with E-state index in [1.165, 1.54) is 0 Å². The number of furan rings is 1. The summed E-state index contributed by atoms with van der Waals surface area (Å²) in [4.78, 5) is 41.1. The lowest BCUT2D eigenvalue weighted by atomic mass is 10.1. The highest BCUT2D eigenvalue weighted by Gasteiger charge is 2.37. The minimum absolute atomic E-state index is 0.0166. The molecule has 3 amide bonds. The van der Waals surface area contributed by atoms with E-state index in [4.69, 9.17) is 10.2 Å². The van der Waals surface area contributed by atoms with Gasteiger partial charge in [-0.3, -0.25) is 19.3 Å². The summed E-state index contributed by atoms with van der Waals surface area (Å²) in [5.41, 5.74) is 5.19. The number of nitrogens with zero attached hydrogens (tertiary/aromatic N) is 3. The van der Waals surface area contributed by atoms with Crippen LogP contribution in [0.15, 0.2) is 22.8 Å². The zero-order valence-corrected chi connectivity index (χ0v) is 13.5. The Morgan fingerprint density at radius 3 is 2.62 bits per heavy atom. The minimum atomic E-state index is -0.357. The van der Waals surface area contributed by atoms with E-state index in [-0.39, 0.29) is 36.6 Å². The first-order valence-corrected chi connectivity index (χ1v) is 8.12. The van der Waals surface area contributed by atoms with Gasteiger partial charge in [-0.25, -0.2) is 0 Å². The summed E-state index contributed by atoms with van der Waals surface area (Å²) in [6.07, 6.45) is 1.82. The molecule has 0 spiro atoms. The molecule has 1 aromatic heterocycles. The van der Waals surface area contributed by atoms with Gasteiger partial charge >= 0.3 is 0 Å². The largest absolute Gasteiger partial charge is 0.467 e. The Kier molecular flexibility index (Phi) is 4.84.